The van der Waals surface area contributed by atoms with Gasteiger partial charge < -0.3 is 10.5 Å². The molecule has 5 nitrogen and oxygen atoms in total. The quantitative estimate of drug-likeness (QED) is 0.139. The molecule has 8 heteroatoms. The molecule has 1 aliphatic carbocycles. The number of rotatable bonds is 0. The van der Waals surface area contributed by atoms with Crippen molar-refractivity contribution in [3.63, 3.8) is 0 Å². The number of ketones is 3. The number of carbonyl (C=O) groups excluding carboxylic acids is 3. The van der Waals surface area contributed by atoms with Crippen LogP contribution in [0.5, 0.6) is 0 Å². The second-order valence-corrected chi connectivity index (χ2v) is 2.50. The van der Waals surface area contributed by atoms with Crippen molar-refractivity contribution >= 4 is 34.8 Å². The van der Waals surface area contributed by atoms with E-state index in [0.717, 1.165) is 0 Å². The first-order valence-corrected chi connectivity index (χ1v) is 3.36. The molecular formula is C7ClNNa2O4. The van der Waals surface area contributed by atoms with Crippen molar-refractivity contribution < 1.29 is 78.6 Å². The second kappa shape index (κ2) is 6.78. The Hall–Kier alpha value is 0.290. The zero-order chi connectivity index (χ0) is 10.2. The molecule has 0 N–H and O–H groups in total. The van der Waals surface area contributed by atoms with E-state index in [0.29, 0.717) is 0 Å². The van der Waals surface area contributed by atoms with E-state index in [2.05, 4.69) is 0 Å². The first kappa shape index (κ1) is 17.7. The summed E-state index contributed by atoms with van der Waals surface area (Å²) in [5.74, 6) is -4.06. The van der Waals surface area contributed by atoms with Crippen LogP contribution in [0.2, 0.25) is 0 Å². The van der Waals surface area contributed by atoms with Crippen LogP contribution in [0.15, 0.2) is 16.4 Å². The van der Waals surface area contributed by atoms with Crippen molar-refractivity contribution in [2.75, 3.05) is 0 Å². The maximum atomic E-state index is 10.8. The Morgan fingerprint density at radius 1 is 1.07 bits per heavy atom. The minimum atomic E-state index is -1.32. The molecule has 0 aromatic heterocycles. The van der Waals surface area contributed by atoms with E-state index in [4.69, 9.17) is 17.0 Å². The zero-order valence-corrected chi connectivity index (χ0v) is 12.7. The van der Waals surface area contributed by atoms with Gasteiger partial charge in [0, 0.05) is 0 Å². The van der Waals surface area contributed by atoms with Crippen LogP contribution in [0.25, 0.3) is 5.41 Å². The Labute approximate surface area is 134 Å². The standard InChI is InChI=1S/C7HClNO4.2Na/c8-3-6(12)4(10)2(1-9)5(11)7(3)13;;/h12H;;/q-1;2*+1/p-1. The van der Waals surface area contributed by atoms with E-state index in [1.54, 1.807) is 0 Å². The van der Waals surface area contributed by atoms with Gasteiger partial charge in [-0.25, -0.2) is 0 Å². The van der Waals surface area contributed by atoms with Crippen molar-refractivity contribution in [2.45, 2.75) is 0 Å². The summed E-state index contributed by atoms with van der Waals surface area (Å²) in [5.41, 5.74) is -0.973. The summed E-state index contributed by atoms with van der Waals surface area (Å²) in [4.78, 5) is 32.5. The van der Waals surface area contributed by atoms with Gasteiger partial charge >= 0.3 is 59.1 Å². The van der Waals surface area contributed by atoms with E-state index in [9.17, 15) is 19.5 Å². The summed E-state index contributed by atoms with van der Waals surface area (Å²) in [6, 6.07) is 0. The molecule has 0 aromatic carbocycles. The number of allylic oxidation sites excluding steroid dienone is 2. The minimum Gasteiger partial charge on any atom is -0.869 e. The smallest absolute Gasteiger partial charge is 0.869 e. The molecule has 1 rings (SSSR count). The molecule has 0 spiro atoms. The molecule has 0 aromatic rings. The van der Waals surface area contributed by atoms with Crippen molar-refractivity contribution in [1.82, 2.24) is 0 Å². The Morgan fingerprint density at radius 2 is 1.53 bits per heavy atom. The minimum absolute atomic E-state index is 0. The van der Waals surface area contributed by atoms with Crippen molar-refractivity contribution in [3.05, 3.63) is 21.8 Å². The van der Waals surface area contributed by atoms with Crippen LogP contribution >= 0.6 is 11.6 Å². The van der Waals surface area contributed by atoms with Gasteiger partial charge in [0.25, 0.3) is 0 Å². The van der Waals surface area contributed by atoms with Crippen LogP contribution in [-0.4, -0.2) is 23.2 Å². The van der Waals surface area contributed by atoms with Crippen LogP contribution in [0, 0.1) is 0 Å². The number of halogens is 1. The van der Waals surface area contributed by atoms with Crippen LogP contribution in [0.1, 0.15) is 0 Å². The topological polar surface area (TPSA) is 96.6 Å². The molecule has 66 valence electrons. The first-order chi connectivity index (χ1) is 6.00. The maximum Gasteiger partial charge on any atom is 1.00 e. The van der Waals surface area contributed by atoms with Gasteiger partial charge in [-0.1, -0.05) is 11.6 Å². The fraction of sp³-hybridized carbons (Fsp3) is 0. The van der Waals surface area contributed by atoms with Crippen LogP contribution in [-0.2, 0) is 14.4 Å². The third-order valence-electron chi connectivity index (χ3n) is 1.38. The second-order valence-electron chi connectivity index (χ2n) is 2.12. The Balaban J connectivity index is 0. The zero-order valence-electron chi connectivity index (χ0n) is 7.96. The normalized spacial score (nSPS) is 15.5. The fourth-order valence-corrected chi connectivity index (χ4v) is 0.906. The first-order valence-electron chi connectivity index (χ1n) is 2.98. The Bertz CT molecular complexity index is 423. The molecule has 0 saturated carbocycles. The van der Waals surface area contributed by atoms with E-state index < -0.39 is 33.7 Å². The van der Waals surface area contributed by atoms with E-state index in [1.807, 2.05) is 0 Å². The maximum absolute atomic E-state index is 10.8. The van der Waals surface area contributed by atoms with Gasteiger partial charge in [-0.15, -0.1) is 0 Å². The molecular weight excluding hydrogens is 244 g/mol. The van der Waals surface area contributed by atoms with Gasteiger partial charge in [0.05, 0.1) is 10.6 Å². The molecule has 0 aliphatic heterocycles. The molecule has 0 fully saturated rings. The van der Waals surface area contributed by atoms with Gasteiger partial charge in [-0.3, -0.25) is 20.3 Å². The number of hydrogen-bond donors (Lipinski definition) is 0. The Kier molecular flexibility index (Phi) is 7.99. The number of nitrogens with zero attached hydrogens (tertiary/aromatic N) is 1. The van der Waals surface area contributed by atoms with Gasteiger partial charge in [0.1, 0.15) is 0 Å². The SMILES string of the molecule is [N-]=C=C1C(=O)C(=O)C(Cl)=C([O-])C1=O.[Na+].[Na+]. The van der Waals surface area contributed by atoms with Gasteiger partial charge in [0.15, 0.2) is 5.78 Å². The molecule has 0 amide bonds. The van der Waals surface area contributed by atoms with Crippen molar-refractivity contribution in [2.24, 2.45) is 0 Å². The van der Waals surface area contributed by atoms with E-state index >= 15 is 0 Å². The summed E-state index contributed by atoms with van der Waals surface area (Å²) in [6.07, 6.45) is 0. The third-order valence-corrected chi connectivity index (χ3v) is 1.72. The molecule has 15 heavy (non-hydrogen) atoms. The molecule has 0 atom stereocenters. The van der Waals surface area contributed by atoms with Gasteiger partial charge in [0.2, 0.25) is 11.6 Å². The van der Waals surface area contributed by atoms with Gasteiger partial charge in [-0.2, -0.15) is 0 Å². The van der Waals surface area contributed by atoms with Crippen LogP contribution < -0.4 is 64.2 Å². The largest absolute Gasteiger partial charge is 1.00 e. The molecule has 0 bridgehead atoms. The molecule has 0 heterocycles. The number of Topliss-reactive ketones (excluding diaryl/α,β-unsaturated/α-hetero) is 3. The molecule has 0 unspecified atom stereocenters. The summed E-state index contributed by atoms with van der Waals surface area (Å²) in [7, 11) is 0. The monoisotopic (exact) mass is 243 g/mol. The summed E-state index contributed by atoms with van der Waals surface area (Å²) < 4.78 is 0. The average Bonchev–Trinajstić information content (AvgIpc) is 2.13. The summed E-state index contributed by atoms with van der Waals surface area (Å²) in [6.45, 7) is 0. The van der Waals surface area contributed by atoms with Crippen LogP contribution in [0.3, 0.4) is 0 Å². The van der Waals surface area contributed by atoms with E-state index in [-0.39, 0.29) is 59.1 Å². The van der Waals surface area contributed by atoms with Crippen molar-refractivity contribution in [3.8, 4) is 0 Å². The molecule has 1 aliphatic rings. The van der Waals surface area contributed by atoms with Crippen molar-refractivity contribution in [1.29, 1.82) is 0 Å². The molecule has 0 radical (unpaired) electrons. The van der Waals surface area contributed by atoms with E-state index in [1.165, 1.54) is 5.87 Å². The van der Waals surface area contributed by atoms with Crippen LogP contribution in [0.4, 0.5) is 0 Å². The predicted molar refractivity (Wildman–Crippen MR) is 39.8 cm³/mol. The third kappa shape index (κ3) is 3.12. The summed E-state index contributed by atoms with van der Waals surface area (Å²) in [5, 5.41) is 18.1. The summed E-state index contributed by atoms with van der Waals surface area (Å²) >= 11 is 5.08. The Morgan fingerprint density at radius 3 is 1.93 bits per heavy atom. The number of hydrogen-bond acceptors (Lipinski definition) is 4. The predicted octanol–water partition coefficient (Wildman–Crippen LogP) is -7.31. The van der Waals surface area contributed by atoms with Gasteiger partial charge in [-0.05, 0) is 5.76 Å². The number of carbonyl (C=O) groups is 3. The fourth-order valence-electron chi connectivity index (χ4n) is 0.734. The average molecular weight is 244 g/mol. The molecule has 0 saturated heterocycles.